The average molecular weight is 327 g/mol. The molecule has 1 N–H and O–H groups in total. The van der Waals surface area contributed by atoms with Crippen molar-refractivity contribution in [2.24, 2.45) is 0 Å². The summed E-state index contributed by atoms with van der Waals surface area (Å²) in [5.74, 6) is 1.97. The molecular weight excluding hydrogens is 302 g/mol. The van der Waals surface area contributed by atoms with Gasteiger partial charge >= 0.3 is 0 Å². The Kier molecular flexibility index (Phi) is 5.21. The van der Waals surface area contributed by atoms with Gasteiger partial charge in [0.15, 0.2) is 5.16 Å². The van der Waals surface area contributed by atoms with Crippen molar-refractivity contribution in [1.29, 1.82) is 0 Å². The molecule has 0 unspecified atom stereocenters. The number of thioether (sulfide) groups is 1. The van der Waals surface area contributed by atoms with Crippen LogP contribution in [0.2, 0.25) is 0 Å². The summed E-state index contributed by atoms with van der Waals surface area (Å²) >= 11 is 1.73. The summed E-state index contributed by atoms with van der Waals surface area (Å²) in [6, 6.07) is 9.10. The smallest absolute Gasteiger partial charge is 0.190 e. The van der Waals surface area contributed by atoms with E-state index in [1.165, 1.54) is 35.2 Å². The van der Waals surface area contributed by atoms with E-state index in [2.05, 4.69) is 50.4 Å². The lowest BCUT2D eigenvalue weighted by atomic mass is 9.96. The third kappa shape index (κ3) is 4.25. The van der Waals surface area contributed by atoms with E-state index in [-0.39, 0.29) is 0 Å². The van der Waals surface area contributed by atoms with Gasteiger partial charge in [-0.05, 0) is 52.0 Å². The minimum Gasteiger partial charge on any atom is -0.368 e. The Bertz CT molecular complexity index is 665. The van der Waals surface area contributed by atoms with Gasteiger partial charge in [0.2, 0.25) is 0 Å². The highest BCUT2D eigenvalue weighted by molar-refractivity contribution is 7.98. The summed E-state index contributed by atoms with van der Waals surface area (Å²) in [5.41, 5.74) is 5.21. The summed E-state index contributed by atoms with van der Waals surface area (Å²) in [7, 11) is 0. The fraction of sp³-hybridized carbons (Fsp3) is 0.474. The molecule has 1 aromatic carbocycles. The highest BCUT2D eigenvalue weighted by atomic mass is 32.2. The van der Waals surface area contributed by atoms with Gasteiger partial charge in [-0.2, -0.15) is 0 Å². The van der Waals surface area contributed by atoms with Crippen LogP contribution < -0.4 is 5.32 Å². The predicted molar refractivity (Wildman–Crippen MR) is 98.2 cm³/mol. The lowest BCUT2D eigenvalue weighted by Gasteiger charge is -2.21. The molecule has 0 bridgehead atoms. The Morgan fingerprint density at radius 2 is 1.83 bits per heavy atom. The second kappa shape index (κ2) is 7.35. The zero-order valence-electron chi connectivity index (χ0n) is 14.2. The summed E-state index contributed by atoms with van der Waals surface area (Å²) in [6.07, 6.45) is 4.68. The monoisotopic (exact) mass is 327 g/mol. The first kappa shape index (κ1) is 16.3. The maximum atomic E-state index is 4.83. The van der Waals surface area contributed by atoms with Crippen LogP contribution in [0.15, 0.2) is 29.4 Å². The summed E-state index contributed by atoms with van der Waals surface area (Å²) in [4.78, 5) is 9.63. The third-order valence-corrected chi connectivity index (χ3v) is 4.99. The molecule has 4 heteroatoms. The van der Waals surface area contributed by atoms with Gasteiger partial charge < -0.3 is 5.32 Å². The van der Waals surface area contributed by atoms with Gasteiger partial charge in [-0.15, -0.1) is 0 Å². The van der Waals surface area contributed by atoms with Crippen molar-refractivity contribution in [3.05, 3.63) is 46.6 Å². The number of hydrogen-bond donors (Lipinski definition) is 1. The van der Waals surface area contributed by atoms with Crippen molar-refractivity contribution >= 4 is 17.6 Å². The van der Waals surface area contributed by atoms with Crippen LogP contribution in [0.4, 0.5) is 5.82 Å². The van der Waals surface area contributed by atoms with Crippen molar-refractivity contribution < 1.29 is 0 Å². The van der Waals surface area contributed by atoms with E-state index in [0.717, 1.165) is 29.6 Å². The van der Waals surface area contributed by atoms with Gasteiger partial charge in [-0.3, -0.25) is 0 Å². The standard InChI is InChI=1S/C19H25N3S/c1-13(2)20-18-16-6-4-5-7-17(16)21-19(22-18)23-12-15-10-8-14(3)9-11-15/h8-11,13H,4-7,12H2,1-3H3,(H,20,21,22). The Labute approximate surface area is 143 Å². The molecule has 2 aromatic rings. The number of rotatable bonds is 5. The highest BCUT2D eigenvalue weighted by Crippen LogP contribution is 2.29. The van der Waals surface area contributed by atoms with Gasteiger partial charge in [0.05, 0.1) is 5.69 Å². The first-order chi connectivity index (χ1) is 11.1. The molecule has 0 saturated heterocycles. The summed E-state index contributed by atoms with van der Waals surface area (Å²) < 4.78 is 0. The zero-order valence-corrected chi connectivity index (χ0v) is 15.0. The first-order valence-corrected chi connectivity index (χ1v) is 9.45. The van der Waals surface area contributed by atoms with Crippen molar-refractivity contribution in [3.63, 3.8) is 0 Å². The van der Waals surface area contributed by atoms with E-state index in [9.17, 15) is 0 Å². The average Bonchev–Trinajstić information content (AvgIpc) is 2.54. The minimum absolute atomic E-state index is 0.394. The predicted octanol–water partition coefficient (Wildman–Crippen LogP) is 4.78. The molecule has 0 aliphatic heterocycles. The molecule has 122 valence electrons. The largest absolute Gasteiger partial charge is 0.368 e. The van der Waals surface area contributed by atoms with E-state index in [1.807, 2.05) is 0 Å². The van der Waals surface area contributed by atoms with Crippen molar-refractivity contribution in [3.8, 4) is 0 Å². The van der Waals surface area contributed by atoms with Crippen LogP contribution in [0, 0.1) is 6.92 Å². The van der Waals surface area contributed by atoms with Gasteiger partial charge in [0, 0.05) is 17.4 Å². The van der Waals surface area contributed by atoms with Crippen LogP contribution >= 0.6 is 11.8 Å². The van der Waals surface area contributed by atoms with Crippen LogP contribution in [-0.2, 0) is 18.6 Å². The number of anilines is 1. The molecular formula is C19H25N3S. The number of hydrogen-bond acceptors (Lipinski definition) is 4. The van der Waals surface area contributed by atoms with Crippen molar-refractivity contribution in [2.45, 2.75) is 63.4 Å². The molecule has 0 spiro atoms. The Morgan fingerprint density at radius 3 is 2.57 bits per heavy atom. The SMILES string of the molecule is Cc1ccc(CSc2nc3c(c(NC(C)C)n2)CCCC3)cc1. The van der Waals surface area contributed by atoms with Crippen LogP contribution in [0.1, 0.15) is 49.1 Å². The Hall–Kier alpha value is -1.55. The second-order valence-corrected chi connectivity index (χ2v) is 7.50. The second-order valence-electron chi connectivity index (χ2n) is 6.56. The number of nitrogens with one attached hydrogen (secondary N) is 1. The van der Waals surface area contributed by atoms with Crippen molar-refractivity contribution in [2.75, 3.05) is 5.32 Å². The van der Waals surface area contributed by atoms with Gasteiger partial charge in [0.25, 0.3) is 0 Å². The van der Waals surface area contributed by atoms with Gasteiger partial charge in [0.1, 0.15) is 5.82 Å². The quantitative estimate of drug-likeness (QED) is 0.634. The first-order valence-electron chi connectivity index (χ1n) is 8.46. The number of aryl methyl sites for hydroxylation is 2. The molecule has 23 heavy (non-hydrogen) atoms. The molecule has 1 heterocycles. The Morgan fingerprint density at radius 1 is 1.09 bits per heavy atom. The van der Waals surface area contributed by atoms with E-state index in [4.69, 9.17) is 9.97 Å². The zero-order chi connectivity index (χ0) is 16.2. The molecule has 0 radical (unpaired) electrons. The number of aromatic nitrogens is 2. The number of benzene rings is 1. The normalized spacial score (nSPS) is 13.9. The van der Waals surface area contributed by atoms with Gasteiger partial charge in [-0.1, -0.05) is 41.6 Å². The molecule has 0 saturated carbocycles. The maximum Gasteiger partial charge on any atom is 0.190 e. The summed E-state index contributed by atoms with van der Waals surface area (Å²) in [5, 5.41) is 4.41. The molecule has 1 aliphatic carbocycles. The fourth-order valence-corrected chi connectivity index (χ4v) is 3.68. The topological polar surface area (TPSA) is 37.8 Å². The van der Waals surface area contributed by atoms with Crippen LogP contribution in [0.25, 0.3) is 0 Å². The molecule has 1 aromatic heterocycles. The molecule has 0 fully saturated rings. The molecule has 1 aliphatic rings. The van der Waals surface area contributed by atoms with Crippen LogP contribution in [-0.4, -0.2) is 16.0 Å². The van der Waals surface area contributed by atoms with E-state index < -0.39 is 0 Å². The maximum absolute atomic E-state index is 4.83. The van der Waals surface area contributed by atoms with Gasteiger partial charge in [-0.25, -0.2) is 9.97 Å². The Balaban J connectivity index is 1.79. The molecule has 3 rings (SSSR count). The van der Waals surface area contributed by atoms with Crippen molar-refractivity contribution in [1.82, 2.24) is 9.97 Å². The third-order valence-electron chi connectivity index (χ3n) is 4.08. The van der Waals surface area contributed by atoms with E-state index >= 15 is 0 Å². The minimum atomic E-state index is 0.394. The fourth-order valence-electron chi connectivity index (χ4n) is 2.86. The molecule has 0 atom stereocenters. The van der Waals surface area contributed by atoms with Crippen LogP contribution in [0.5, 0.6) is 0 Å². The highest BCUT2D eigenvalue weighted by Gasteiger charge is 2.18. The molecule has 0 amide bonds. The van der Waals surface area contributed by atoms with E-state index in [1.54, 1.807) is 11.8 Å². The number of fused-ring (bicyclic) bond motifs is 1. The lowest BCUT2D eigenvalue weighted by Crippen LogP contribution is -2.17. The van der Waals surface area contributed by atoms with Crippen LogP contribution in [0.3, 0.4) is 0 Å². The molecule has 3 nitrogen and oxygen atoms in total. The van der Waals surface area contributed by atoms with E-state index in [0.29, 0.717) is 6.04 Å². The number of nitrogens with zero attached hydrogens (tertiary/aromatic N) is 2. The lowest BCUT2D eigenvalue weighted by molar-refractivity contribution is 0.649. The summed E-state index contributed by atoms with van der Waals surface area (Å²) in [6.45, 7) is 6.44.